The van der Waals surface area contributed by atoms with Gasteiger partial charge in [0.05, 0.1) is 12.7 Å². The van der Waals surface area contributed by atoms with Crippen molar-refractivity contribution < 1.29 is 14.3 Å². The number of carbonyl (C=O) groups excluding carboxylic acids is 1. The van der Waals surface area contributed by atoms with E-state index in [2.05, 4.69) is 5.32 Å². The number of esters is 1. The molecule has 0 saturated heterocycles. The molecule has 0 radical (unpaired) electrons. The lowest BCUT2D eigenvalue weighted by Gasteiger charge is -2.30. The third-order valence-electron chi connectivity index (χ3n) is 3.40. The standard InChI is InChI=1S/C16H25NO3/c1-6-19-15(18)16(4,17-5)11-13(3)20-14-10-8-7-9-12(14)2/h7-10,13,17H,6,11H2,1-5H3. The number of rotatable bonds is 7. The van der Waals surface area contributed by atoms with Gasteiger partial charge in [0.2, 0.25) is 0 Å². The fourth-order valence-corrected chi connectivity index (χ4v) is 2.10. The summed E-state index contributed by atoms with van der Waals surface area (Å²) in [6.07, 6.45) is 0.439. The Bertz CT molecular complexity index is 447. The van der Waals surface area contributed by atoms with Gasteiger partial charge >= 0.3 is 5.97 Å². The second kappa shape index (κ2) is 7.29. The third kappa shape index (κ3) is 4.23. The number of likely N-dealkylation sites (N-methyl/N-ethyl adjacent to an activating group) is 1. The van der Waals surface area contributed by atoms with Crippen LogP contribution in [0.3, 0.4) is 0 Å². The van der Waals surface area contributed by atoms with Gasteiger partial charge in [-0.25, -0.2) is 0 Å². The van der Waals surface area contributed by atoms with Crippen molar-refractivity contribution in [1.29, 1.82) is 0 Å². The number of para-hydroxylation sites is 1. The SMILES string of the molecule is CCOC(=O)C(C)(CC(C)Oc1ccccc1C)NC. The molecule has 0 aliphatic carbocycles. The van der Waals surface area contributed by atoms with Crippen LogP contribution in [0.25, 0.3) is 0 Å². The van der Waals surface area contributed by atoms with Gasteiger partial charge in [-0.2, -0.15) is 0 Å². The van der Waals surface area contributed by atoms with Crippen molar-refractivity contribution in [2.45, 2.75) is 45.8 Å². The molecule has 1 aromatic carbocycles. The molecule has 20 heavy (non-hydrogen) atoms. The number of hydrogen-bond acceptors (Lipinski definition) is 4. The van der Waals surface area contributed by atoms with E-state index in [1.165, 1.54) is 0 Å². The Morgan fingerprint density at radius 2 is 2.05 bits per heavy atom. The minimum absolute atomic E-state index is 0.0991. The van der Waals surface area contributed by atoms with Gasteiger partial charge in [0.1, 0.15) is 11.3 Å². The van der Waals surface area contributed by atoms with Crippen molar-refractivity contribution >= 4 is 5.97 Å². The number of ether oxygens (including phenoxy) is 2. The highest BCUT2D eigenvalue weighted by Gasteiger charge is 2.35. The summed E-state index contributed by atoms with van der Waals surface area (Å²) < 4.78 is 11.0. The van der Waals surface area contributed by atoms with Gasteiger partial charge in [0.15, 0.2) is 0 Å². The van der Waals surface area contributed by atoms with Crippen LogP contribution >= 0.6 is 0 Å². The highest BCUT2D eigenvalue weighted by Crippen LogP contribution is 2.22. The number of carbonyl (C=O) groups is 1. The first kappa shape index (κ1) is 16.5. The quantitative estimate of drug-likeness (QED) is 0.780. The molecule has 2 unspecified atom stereocenters. The van der Waals surface area contributed by atoms with Crippen molar-refractivity contribution in [3.05, 3.63) is 29.8 Å². The number of aryl methyl sites for hydroxylation is 1. The molecule has 112 valence electrons. The summed E-state index contributed by atoms with van der Waals surface area (Å²) in [6.45, 7) is 7.99. The van der Waals surface area contributed by atoms with E-state index in [4.69, 9.17) is 9.47 Å². The molecular formula is C16H25NO3. The fourth-order valence-electron chi connectivity index (χ4n) is 2.10. The summed E-state index contributed by atoms with van der Waals surface area (Å²) in [5, 5.41) is 3.04. The smallest absolute Gasteiger partial charge is 0.326 e. The molecule has 0 aliphatic heterocycles. The zero-order valence-electron chi connectivity index (χ0n) is 13.0. The average Bonchev–Trinajstić information content (AvgIpc) is 2.41. The normalized spacial score (nSPS) is 15.2. The topological polar surface area (TPSA) is 47.6 Å². The van der Waals surface area contributed by atoms with Gasteiger partial charge < -0.3 is 14.8 Å². The molecule has 0 amide bonds. The second-order valence-electron chi connectivity index (χ2n) is 5.20. The van der Waals surface area contributed by atoms with Crippen molar-refractivity contribution in [3.8, 4) is 5.75 Å². The molecule has 0 saturated carbocycles. The predicted octanol–water partition coefficient (Wildman–Crippen LogP) is 2.69. The monoisotopic (exact) mass is 279 g/mol. The molecule has 0 heterocycles. The lowest BCUT2D eigenvalue weighted by atomic mass is 9.95. The first-order chi connectivity index (χ1) is 9.42. The summed E-state index contributed by atoms with van der Waals surface area (Å²) in [6, 6.07) is 7.86. The number of nitrogens with one attached hydrogen (secondary N) is 1. The Morgan fingerprint density at radius 1 is 1.40 bits per heavy atom. The van der Waals surface area contributed by atoms with E-state index in [-0.39, 0.29) is 12.1 Å². The first-order valence-corrected chi connectivity index (χ1v) is 7.01. The zero-order chi connectivity index (χ0) is 15.2. The van der Waals surface area contributed by atoms with Gasteiger partial charge in [-0.05, 0) is 46.4 Å². The Balaban J connectivity index is 2.70. The van der Waals surface area contributed by atoms with E-state index >= 15 is 0 Å². The van der Waals surface area contributed by atoms with E-state index < -0.39 is 5.54 Å². The van der Waals surface area contributed by atoms with Crippen LogP contribution in [0.15, 0.2) is 24.3 Å². The van der Waals surface area contributed by atoms with Crippen molar-refractivity contribution in [2.75, 3.05) is 13.7 Å². The first-order valence-electron chi connectivity index (χ1n) is 7.01. The molecule has 1 N–H and O–H groups in total. The van der Waals surface area contributed by atoms with Gasteiger partial charge in [-0.1, -0.05) is 18.2 Å². The maximum atomic E-state index is 12.0. The van der Waals surface area contributed by atoms with Crippen molar-refractivity contribution in [1.82, 2.24) is 5.32 Å². The van der Waals surface area contributed by atoms with E-state index in [0.29, 0.717) is 13.0 Å². The molecular weight excluding hydrogens is 254 g/mol. The average molecular weight is 279 g/mol. The van der Waals surface area contributed by atoms with Gasteiger partial charge in [0, 0.05) is 6.42 Å². The van der Waals surface area contributed by atoms with Crippen LogP contribution in [0.4, 0.5) is 0 Å². The highest BCUT2D eigenvalue weighted by atomic mass is 16.5. The van der Waals surface area contributed by atoms with E-state index in [0.717, 1.165) is 11.3 Å². The van der Waals surface area contributed by atoms with Crippen molar-refractivity contribution in [2.24, 2.45) is 0 Å². The van der Waals surface area contributed by atoms with Crippen LogP contribution in [0.1, 0.15) is 32.8 Å². The van der Waals surface area contributed by atoms with Gasteiger partial charge in [-0.3, -0.25) is 4.79 Å². The highest BCUT2D eigenvalue weighted by molar-refractivity contribution is 5.80. The van der Waals surface area contributed by atoms with E-state index in [9.17, 15) is 4.79 Å². The summed E-state index contributed by atoms with van der Waals surface area (Å²) in [4.78, 5) is 12.0. The molecule has 1 rings (SSSR count). The Labute approximate surface area is 121 Å². The van der Waals surface area contributed by atoms with Crippen LogP contribution in [-0.2, 0) is 9.53 Å². The Kier molecular flexibility index (Phi) is 6.02. The fraction of sp³-hybridized carbons (Fsp3) is 0.562. The summed E-state index contributed by atoms with van der Waals surface area (Å²) >= 11 is 0. The van der Waals surface area contributed by atoms with Crippen molar-refractivity contribution in [3.63, 3.8) is 0 Å². The van der Waals surface area contributed by atoms with Crippen LogP contribution < -0.4 is 10.1 Å². The minimum Gasteiger partial charge on any atom is -0.490 e. The predicted molar refractivity (Wildman–Crippen MR) is 80.0 cm³/mol. The largest absolute Gasteiger partial charge is 0.490 e. The molecule has 2 atom stereocenters. The molecule has 4 nitrogen and oxygen atoms in total. The molecule has 0 aliphatic rings. The molecule has 0 bridgehead atoms. The molecule has 0 fully saturated rings. The van der Waals surface area contributed by atoms with E-state index in [1.807, 2.05) is 45.0 Å². The van der Waals surface area contributed by atoms with Crippen LogP contribution in [0.5, 0.6) is 5.75 Å². The van der Waals surface area contributed by atoms with Crippen LogP contribution in [0.2, 0.25) is 0 Å². The second-order valence-corrected chi connectivity index (χ2v) is 5.20. The molecule has 0 aromatic heterocycles. The van der Waals surface area contributed by atoms with Gasteiger partial charge in [0.25, 0.3) is 0 Å². The van der Waals surface area contributed by atoms with Gasteiger partial charge in [-0.15, -0.1) is 0 Å². The minimum atomic E-state index is -0.738. The summed E-state index contributed by atoms with van der Waals surface area (Å²) in [7, 11) is 1.76. The van der Waals surface area contributed by atoms with Crippen LogP contribution in [0, 0.1) is 6.92 Å². The zero-order valence-corrected chi connectivity index (χ0v) is 13.0. The maximum absolute atomic E-state index is 12.0. The molecule has 4 heteroatoms. The lowest BCUT2D eigenvalue weighted by Crippen LogP contribution is -2.51. The summed E-state index contributed by atoms with van der Waals surface area (Å²) in [5.74, 6) is 0.602. The Hall–Kier alpha value is -1.55. The molecule has 0 spiro atoms. The Morgan fingerprint density at radius 3 is 2.60 bits per heavy atom. The lowest BCUT2D eigenvalue weighted by molar-refractivity contribution is -0.151. The maximum Gasteiger partial charge on any atom is 0.326 e. The number of hydrogen-bond donors (Lipinski definition) is 1. The summed E-state index contributed by atoms with van der Waals surface area (Å²) in [5.41, 5.74) is 0.347. The van der Waals surface area contributed by atoms with E-state index in [1.54, 1.807) is 14.0 Å². The molecule has 1 aromatic rings. The third-order valence-corrected chi connectivity index (χ3v) is 3.40. The van der Waals surface area contributed by atoms with Crippen LogP contribution in [-0.4, -0.2) is 31.3 Å². The number of benzene rings is 1.